The van der Waals surface area contributed by atoms with E-state index in [0.717, 1.165) is 39.9 Å². The fraction of sp³-hybridized carbons (Fsp3) is 0.312. The van der Waals surface area contributed by atoms with Gasteiger partial charge in [0.1, 0.15) is 5.75 Å². The molecular formula is C16H16BrNO2. The molecule has 1 N–H and O–H groups in total. The molecule has 104 valence electrons. The highest BCUT2D eigenvalue weighted by atomic mass is 79.9. The van der Waals surface area contributed by atoms with Crippen LogP contribution in [-0.2, 0) is 12.8 Å². The minimum absolute atomic E-state index is 0.541. The monoisotopic (exact) mass is 333 g/mol. The first-order valence-electron chi connectivity index (χ1n) is 6.68. The highest BCUT2D eigenvalue weighted by molar-refractivity contribution is 9.10. The van der Waals surface area contributed by atoms with Gasteiger partial charge in [-0.2, -0.15) is 0 Å². The quantitative estimate of drug-likeness (QED) is 0.936. The predicted molar refractivity (Wildman–Crippen MR) is 81.0 cm³/mol. The van der Waals surface area contributed by atoms with Gasteiger partial charge in [0, 0.05) is 29.7 Å². The van der Waals surface area contributed by atoms with Crippen molar-refractivity contribution in [3.8, 4) is 5.75 Å². The molecule has 1 aromatic heterocycles. The maximum atomic E-state index is 10.5. The summed E-state index contributed by atoms with van der Waals surface area (Å²) in [6, 6.07) is 6.00. The molecular weight excluding hydrogens is 318 g/mol. The number of fused-ring (bicyclic) bond motifs is 1. The molecule has 0 amide bonds. The van der Waals surface area contributed by atoms with Crippen molar-refractivity contribution in [3.05, 3.63) is 57.3 Å². The van der Waals surface area contributed by atoms with Gasteiger partial charge in [-0.05, 0) is 47.4 Å². The maximum absolute atomic E-state index is 10.5. The summed E-state index contributed by atoms with van der Waals surface area (Å²) in [5.41, 5.74) is 4.20. The number of aromatic nitrogens is 1. The summed E-state index contributed by atoms with van der Waals surface area (Å²) >= 11 is 3.53. The number of aliphatic hydroxyl groups excluding tert-OH is 1. The van der Waals surface area contributed by atoms with Gasteiger partial charge >= 0.3 is 0 Å². The summed E-state index contributed by atoms with van der Waals surface area (Å²) in [6.07, 6.45) is 4.44. The highest BCUT2D eigenvalue weighted by Crippen LogP contribution is 2.35. The van der Waals surface area contributed by atoms with Crippen molar-refractivity contribution < 1.29 is 9.84 Å². The normalized spacial score (nSPS) is 14.8. The first kappa shape index (κ1) is 13.6. The number of halogens is 1. The summed E-state index contributed by atoms with van der Waals surface area (Å²) in [4.78, 5) is 4.06. The van der Waals surface area contributed by atoms with Crippen molar-refractivity contribution in [2.75, 3.05) is 6.61 Å². The molecule has 0 aliphatic carbocycles. The second-order valence-corrected chi connectivity index (χ2v) is 6.02. The molecule has 0 saturated carbocycles. The fourth-order valence-electron chi connectivity index (χ4n) is 2.67. The van der Waals surface area contributed by atoms with Gasteiger partial charge in [0.15, 0.2) is 0 Å². The predicted octanol–water partition coefficient (Wildman–Crippen LogP) is 3.36. The molecule has 0 saturated heterocycles. The van der Waals surface area contributed by atoms with Crippen molar-refractivity contribution in [1.82, 2.24) is 4.98 Å². The Morgan fingerprint density at radius 2 is 2.30 bits per heavy atom. The highest BCUT2D eigenvalue weighted by Gasteiger charge is 2.20. The maximum Gasteiger partial charge on any atom is 0.125 e. The van der Waals surface area contributed by atoms with E-state index in [2.05, 4.69) is 27.0 Å². The van der Waals surface area contributed by atoms with E-state index in [-0.39, 0.29) is 0 Å². The Labute approximate surface area is 126 Å². The van der Waals surface area contributed by atoms with E-state index in [1.54, 1.807) is 12.4 Å². The van der Waals surface area contributed by atoms with Crippen LogP contribution in [0.5, 0.6) is 5.75 Å². The van der Waals surface area contributed by atoms with Crippen LogP contribution in [0, 0.1) is 6.92 Å². The Hall–Kier alpha value is -1.39. The zero-order chi connectivity index (χ0) is 14.1. The van der Waals surface area contributed by atoms with Gasteiger partial charge in [0.25, 0.3) is 0 Å². The number of hydrogen-bond acceptors (Lipinski definition) is 3. The van der Waals surface area contributed by atoms with E-state index in [1.165, 1.54) is 5.56 Å². The number of rotatable bonds is 3. The molecule has 2 aromatic rings. The first-order chi connectivity index (χ1) is 9.65. The Kier molecular flexibility index (Phi) is 3.76. The average Bonchev–Trinajstić information content (AvgIpc) is 2.87. The lowest BCUT2D eigenvalue weighted by Gasteiger charge is -2.15. The Morgan fingerprint density at radius 1 is 1.45 bits per heavy atom. The van der Waals surface area contributed by atoms with Crippen LogP contribution in [-0.4, -0.2) is 16.7 Å². The van der Waals surface area contributed by atoms with E-state index in [4.69, 9.17) is 4.74 Å². The summed E-state index contributed by atoms with van der Waals surface area (Å²) in [5, 5.41) is 10.5. The zero-order valence-corrected chi connectivity index (χ0v) is 12.9. The fourth-order valence-corrected chi connectivity index (χ4v) is 3.23. The molecule has 1 atom stereocenters. The Bertz CT molecular complexity index is 642. The number of aryl methyl sites for hydroxylation is 1. The summed E-state index contributed by atoms with van der Waals surface area (Å²) < 4.78 is 6.74. The lowest BCUT2D eigenvalue weighted by molar-refractivity contribution is 0.176. The molecule has 0 fully saturated rings. The number of ether oxygens (including phenoxy) is 1. The molecule has 4 heteroatoms. The lowest BCUT2D eigenvalue weighted by atomic mass is 9.97. The van der Waals surface area contributed by atoms with Gasteiger partial charge in [0.2, 0.25) is 0 Å². The van der Waals surface area contributed by atoms with Crippen LogP contribution in [0.15, 0.2) is 35.1 Å². The van der Waals surface area contributed by atoms with Crippen LogP contribution in [0.3, 0.4) is 0 Å². The van der Waals surface area contributed by atoms with Crippen LogP contribution < -0.4 is 4.74 Å². The van der Waals surface area contributed by atoms with Crippen molar-refractivity contribution in [2.45, 2.75) is 25.9 Å². The van der Waals surface area contributed by atoms with Crippen LogP contribution in [0.4, 0.5) is 0 Å². The molecule has 1 unspecified atom stereocenters. The SMILES string of the molecule is Cc1cnccc1C(O)Cc1cc(Br)cc2c1OCC2. The molecule has 1 aliphatic heterocycles. The molecule has 20 heavy (non-hydrogen) atoms. The second kappa shape index (κ2) is 5.54. The third kappa shape index (κ3) is 2.58. The molecule has 1 aliphatic rings. The molecule has 0 bridgehead atoms. The van der Waals surface area contributed by atoms with Crippen molar-refractivity contribution in [2.24, 2.45) is 0 Å². The van der Waals surface area contributed by atoms with Crippen molar-refractivity contribution in [1.29, 1.82) is 0 Å². The minimum Gasteiger partial charge on any atom is -0.493 e. The summed E-state index contributed by atoms with van der Waals surface area (Å²) in [5.74, 6) is 0.943. The van der Waals surface area contributed by atoms with Gasteiger partial charge in [-0.1, -0.05) is 15.9 Å². The van der Waals surface area contributed by atoms with Crippen molar-refractivity contribution >= 4 is 15.9 Å². The lowest BCUT2D eigenvalue weighted by Crippen LogP contribution is -2.05. The van der Waals surface area contributed by atoms with E-state index in [9.17, 15) is 5.11 Å². The standard InChI is InChI=1S/C16H16BrNO2/c1-10-9-18-4-2-14(10)15(19)8-12-7-13(17)6-11-3-5-20-16(11)12/h2,4,6-7,9,15,19H,3,5,8H2,1H3. The number of nitrogens with zero attached hydrogens (tertiary/aromatic N) is 1. The van der Waals surface area contributed by atoms with Gasteiger partial charge in [-0.15, -0.1) is 0 Å². The van der Waals surface area contributed by atoms with E-state index in [1.807, 2.05) is 19.1 Å². The molecule has 2 heterocycles. The first-order valence-corrected chi connectivity index (χ1v) is 7.47. The van der Waals surface area contributed by atoms with Crippen molar-refractivity contribution in [3.63, 3.8) is 0 Å². The topological polar surface area (TPSA) is 42.4 Å². The largest absolute Gasteiger partial charge is 0.493 e. The zero-order valence-electron chi connectivity index (χ0n) is 11.3. The molecule has 0 spiro atoms. The van der Waals surface area contributed by atoms with Crippen LogP contribution in [0.1, 0.15) is 28.4 Å². The second-order valence-electron chi connectivity index (χ2n) is 5.10. The third-order valence-corrected chi connectivity index (χ3v) is 4.12. The molecule has 3 rings (SSSR count). The van der Waals surface area contributed by atoms with E-state index >= 15 is 0 Å². The van der Waals surface area contributed by atoms with Crippen LogP contribution in [0.2, 0.25) is 0 Å². The third-order valence-electron chi connectivity index (χ3n) is 3.66. The van der Waals surface area contributed by atoms with Gasteiger partial charge in [-0.25, -0.2) is 0 Å². The van der Waals surface area contributed by atoms with E-state index < -0.39 is 6.10 Å². The van der Waals surface area contributed by atoms with Gasteiger partial charge < -0.3 is 9.84 Å². The summed E-state index contributed by atoms with van der Waals surface area (Å²) in [6.45, 7) is 2.69. The number of pyridine rings is 1. The number of aliphatic hydroxyl groups is 1. The van der Waals surface area contributed by atoms with Crippen LogP contribution >= 0.6 is 15.9 Å². The minimum atomic E-state index is -0.541. The Morgan fingerprint density at radius 3 is 3.10 bits per heavy atom. The van der Waals surface area contributed by atoms with E-state index in [0.29, 0.717) is 6.42 Å². The number of hydrogen-bond donors (Lipinski definition) is 1. The van der Waals surface area contributed by atoms with Crippen LogP contribution in [0.25, 0.3) is 0 Å². The summed E-state index contributed by atoms with van der Waals surface area (Å²) in [7, 11) is 0. The average molecular weight is 334 g/mol. The number of benzene rings is 1. The molecule has 3 nitrogen and oxygen atoms in total. The molecule has 1 aromatic carbocycles. The Balaban J connectivity index is 1.90. The van der Waals surface area contributed by atoms with Gasteiger partial charge in [-0.3, -0.25) is 4.98 Å². The molecule has 0 radical (unpaired) electrons. The smallest absolute Gasteiger partial charge is 0.125 e. The van der Waals surface area contributed by atoms with Gasteiger partial charge in [0.05, 0.1) is 12.7 Å².